The molecule has 1 saturated carbocycles. The number of hydrogen-bond donors (Lipinski definition) is 1. The average molecular weight is 298 g/mol. The number of nitrogens with one attached hydrogen (secondary N) is 1. The predicted molar refractivity (Wildman–Crippen MR) is 86.4 cm³/mol. The Morgan fingerprint density at radius 3 is 2.14 bits per heavy atom. The van der Waals surface area contributed by atoms with Gasteiger partial charge in [-0.3, -0.25) is 0 Å². The second-order valence-electron chi connectivity index (χ2n) is 6.90. The van der Waals surface area contributed by atoms with Gasteiger partial charge in [0.25, 0.3) is 0 Å². The van der Waals surface area contributed by atoms with Crippen LogP contribution in [0.4, 0.5) is 0 Å². The minimum absolute atomic E-state index is 0.228. The second-order valence-corrected chi connectivity index (χ2v) is 6.90. The molecule has 2 fully saturated rings. The van der Waals surface area contributed by atoms with Gasteiger partial charge >= 0.3 is 0 Å². The van der Waals surface area contributed by atoms with Gasteiger partial charge in [-0.25, -0.2) is 0 Å². The van der Waals surface area contributed by atoms with E-state index >= 15 is 0 Å². The first kappa shape index (κ1) is 17.2. The molecule has 1 heterocycles. The lowest BCUT2D eigenvalue weighted by molar-refractivity contribution is -0.179. The number of rotatable bonds is 7. The Morgan fingerprint density at radius 2 is 1.67 bits per heavy atom. The normalized spacial score (nSPS) is 24.3. The molecule has 0 bridgehead atoms. The maximum absolute atomic E-state index is 5.81. The third-order valence-corrected chi connectivity index (χ3v) is 5.43. The lowest BCUT2D eigenvalue weighted by Gasteiger charge is -2.38. The molecule has 2 rings (SSSR count). The zero-order valence-electron chi connectivity index (χ0n) is 14.4. The third kappa shape index (κ3) is 4.41. The molecular weight excluding hydrogens is 264 g/mol. The van der Waals surface area contributed by atoms with Gasteiger partial charge in [0.15, 0.2) is 5.79 Å². The molecular formula is C17H34N2O2. The van der Waals surface area contributed by atoms with Crippen molar-refractivity contribution in [1.29, 1.82) is 0 Å². The smallest absolute Gasteiger partial charge is 0.168 e. The van der Waals surface area contributed by atoms with Crippen LogP contribution in [-0.4, -0.2) is 56.6 Å². The maximum Gasteiger partial charge on any atom is 0.168 e. The Balaban J connectivity index is 1.77. The molecule has 0 amide bonds. The van der Waals surface area contributed by atoms with Gasteiger partial charge in [-0.15, -0.1) is 0 Å². The first-order valence-electron chi connectivity index (χ1n) is 8.78. The lowest BCUT2D eigenvalue weighted by Crippen LogP contribution is -2.48. The predicted octanol–water partition coefficient (Wildman–Crippen LogP) is 2.63. The Kier molecular flexibility index (Phi) is 6.48. The fourth-order valence-corrected chi connectivity index (χ4v) is 3.94. The zero-order valence-corrected chi connectivity index (χ0v) is 14.4. The van der Waals surface area contributed by atoms with E-state index in [2.05, 4.69) is 38.2 Å². The monoisotopic (exact) mass is 298 g/mol. The minimum atomic E-state index is -0.228. The van der Waals surface area contributed by atoms with E-state index in [0.717, 1.165) is 38.5 Å². The lowest BCUT2D eigenvalue weighted by atomic mass is 9.89. The fourth-order valence-electron chi connectivity index (χ4n) is 3.94. The summed E-state index contributed by atoms with van der Waals surface area (Å²) < 4.78 is 11.6. The molecule has 1 aliphatic heterocycles. The summed E-state index contributed by atoms with van der Waals surface area (Å²) in [4.78, 5) is 2.39. The van der Waals surface area contributed by atoms with E-state index in [1.165, 1.54) is 25.7 Å². The molecule has 0 radical (unpaired) electrons. The van der Waals surface area contributed by atoms with E-state index in [9.17, 15) is 0 Å². The number of likely N-dealkylation sites (N-methyl/N-ethyl adjacent to an activating group) is 1. The summed E-state index contributed by atoms with van der Waals surface area (Å²) in [5.41, 5.74) is 0. The highest BCUT2D eigenvalue weighted by molar-refractivity contribution is 4.87. The molecule has 1 N–H and O–H groups in total. The summed E-state index contributed by atoms with van der Waals surface area (Å²) in [6.45, 7) is 7.26. The molecule has 1 spiro atoms. The van der Waals surface area contributed by atoms with Crippen LogP contribution in [0.15, 0.2) is 0 Å². The average Bonchev–Trinajstić information content (AvgIpc) is 2.93. The summed E-state index contributed by atoms with van der Waals surface area (Å²) in [7, 11) is 4.42. The Morgan fingerprint density at radius 1 is 1.10 bits per heavy atom. The molecule has 2 aliphatic rings. The van der Waals surface area contributed by atoms with Crippen molar-refractivity contribution in [3.05, 3.63) is 0 Å². The molecule has 4 heteroatoms. The molecule has 1 saturated heterocycles. The van der Waals surface area contributed by atoms with Gasteiger partial charge in [-0.05, 0) is 32.9 Å². The van der Waals surface area contributed by atoms with Gasteiger partial charge in [0.05, 0.1) is 13.2 Å². The first-order chi connectivity index (χ1) is 10.1. The summed E-state index contributed by atoms with van der Waals surface area (Å²) in [5.74, 6) is 0.554. The number of ether oxygens (including phenoxy) is 2. The Hall–Kier alpha value is -0.160. The van der Waals surface area contributed by atoms with Crippen LogP contribution in [0.5, 0.6) is 0 Å². The van der Waals surface area contributed by atoms with Crippen LogP contribution >= 0.6 is 0 Å². The second kappa shape index (κ2) is 7.91. The molecule has 1 atom stereocenters. The van der Waals surface area contributed by atoms with Crippen molar-refractivity contribution in [2.45, 2.75) is 70.2 Å². The molecule has 21 heavy (non-hydrogen) atoms. The molecule has 1 unspecified atom stereocenters. The van der Waals surface area contributed by atoms with Crippen molar-refractivity contribution in [3.63, 3.8) is 0 Å². The van der Waals surface area contributed by atoms with Gasteiger partial charge in [-0.2, -0.15) is 0 Å². The molecule has 1 aliphatic carbocycles. The van der Waals surface area contributed by atoms with Crippen LogP contribution in [0, 0.1) is 5.92 Å². The zero-order chi connectivity index (χ0) is 15.3. The number of hydrogen-bond acceptors (Lipinski definition) is 4. The van der Waals surface area contributed by atoms with E-state index in [0.29, 0.717) is 12.1 Å². The fraction of sp³-hybridized carbons (Fsp3) is 1.00. The van der Waals surface area contributed by atoms with Gasteiger partial charge in [-0.1, -0.05) is 26.7 Å². The molecule has 0 aromatic rings. The van der Waals surface area contributed by atoms with E-state index < -0.39 is 0 Å². The SMILES string of the molecule is CCC(CC)C(CNC1CCC2(CC1)OCCO2)N(C)C. The first-order valence-corrected chi connectivity index (χ1v) is 8.78. The van der Waals surface area contributed by atoms with Gasteiger partial charge < -0.3 is 19.7 Å². The van der Waals surface area contributed by atoms with Gasteiger partial charge in [0.2, 0.25) is 0 Å². The van der Waals surface area contributed by atoms with Gasteiger partial charge in [0.1, 0.15) is 0 Å². The van der Waals surface area contributed by atoms with Crippen LogP contribution < -0.4 is 5.32 Å². The van der Waals surface area contributed by atoms with Crippen molar-refractivity contribution in [1.82, 2.24) is 10.2 Å². The highest BCUT2D eigenvalue weighted by atomic mass is 16.7. The Bertz CT molecular complexity index is 289. The van der Waals surface area contributed by atoms with Crippen LogP contribution in [-0.2, 0) is 9.47 Å². The largest absolute Gasteiger partial charge is 0.348 e. The standard InChI is InChI=1S/C17H34N2O2/c1-5-14(6-2)16(19(3)4)13-18-15-7-9-17(10-8-15)20-11-12-21-17/h14-16,18H,5-13H2,1-4H3. The molecule has 4 nitrogen and oxygen atoms in total. The van der Waals surface area contributed by atoms with E-state index in [1.807, 2.05) is 0 Å². The van der Waals surface area contributed by atoms with Crippen LogP contribution in [0.2, 0.25) is 0 Å². The minimum Gasteiger partial charge on any atom is -0.348 e. The van der Waals surface area contributed by atoms with Crippen LogP contribution in [0.25, 0.3) is 0 Å². The summed E-state index contributed by atoms with van der Waals surface area (Å²) >= 11 is 0. The van der Waals surface area contributed by atoms with Crippen molar-refractivity contribution < 1.29 is 9.47 Å². The summed E-state index contributed by atoms with van der Waals surface area (Å²) in [6.07, 6.45) is 6.95. The summed E-state index contributed by atoms with van der Waals surface area (Å²) in [5, 5.41) is 3.81. The van der Waals surface area contributed by atoms with Crippen LogP contribution in [0.1, 0.15) is 52.4 Å². The van der Waals surface area contributed by atoms with Crippen LogP contribution in [0.3, 0.4) is 0 Å². The van der Waals surface area contributed by atoms with Crippen molar-refractivity contribution in [2.24, 2.45) is 5.92 Å². The highest BCUT2D eigenvalue weighted by Gasteiger charge is 2.40. The number of nitrogens with zero attached hydrogens (tertiary/aromatic N) is 1. The van der Waals surface area contributed by atoms with Gasteiger partial charge in [0, 0.05) is 31.5 Å². The highest BCUT2D eigenvalue weighted by Crippen LogP contribution is 2.35. The van der Waals surface area contributed by atoms with E-state index in [-0.39, 0.29) is 5.79 Å². The quantitative estimate of drug-likeness (QED) is 0.783. The van der Waals surface area contributed by atoms with E-state index in [1.54, 1.807) is 0 Å². The van der Waals surface area contributed by atoms with E-state index in [4.69, 9.17) is 9.47 Å². The summed E-state index contributed by atoms with van der Waals surface area (Å²) in [6, 6.07) is 1.26. The van der Waals surface area contributed by atoms with Crippen molar-refractivity contribution >= 4 is 0 Å². The maximum atomic E-state index is 5.81. The molecule has 0 aromatic carbocycles. The Labute approximate surface area is 130 Å². The third-order valence-electron chi connectivity index (χ3n) is 5.43. The topological polar surface area (TPSA) is 33.7 Å². The molecule has 124 valence electrons. The molecule has 0 aromatic heterocycles. The van der Waals surface area contributed by atoms with Crippen molar-refractivity contribution in [3.8, 4) is 0 Å². The van der Waals surface area contributed by atoms with Crippen molar-refractivity contribution in [2.75, 3.05) is 33.9 Å².